The lowest BCUT2D eigenvalue weighted by Gasteiger charge is -2.25. The Morgan fingerprint density at radius 3 is 2.80 bits per heavy atom. The lowest BCUT2D eigenvalue weighted by Crippen LogP contribution is -2.49. The van der Waals surface area contributed by atoms with Gasteiger partial charge in [0.15, 0.2) is 0 Å². The van der Waals surface area contributed by atoms with Crippen molar-refractivity contribution in [3.8, 4) is 0 Å². The molecule has 1 heterocycles. The third kappa shape index (κ3) is 2.96. The molecule has 2 amide bonds. The number of hydrogen-bond acceptors (Lipinski definition) is 3. The zero-order chi connectivity index (χ0) is 14.9. The van der Waals surface area contributed by atoms with Crippen molar-refractivity contribution in [2.75, 3.05) is 11.9 Å². The summed E-state index contributed by atoms with van der Waals surface area (Å²) in [7, 11) is 0. The second-order valence-electron chi connectivity index (χ2n) is 5.58. The van der Waals surface area contributed by atoms with Gasteiger partial charge in [0.1, 0.15) is 5.82 Å². The fraction of sp³-hybridized carbons (Fsp3) is 0.429. The van der Waals surface area contributed by atoms with Gasteiger partial charge in [-0.05, 0) is 38.0 Å². The van der Waals surface area contributed by atoms with Crippen molar-refractivity contribution in [2.24, 2.45) is 5.73 Å². The first-order valence-corrected chi connectivity index (χ1v) is 6.47. The van der Waals surface area contributed by atoms with E-state index in [0.29, 0.717) is 18.5 Å². The number of aryl methyl sites for hydroxylation is 1. The van der Waals surface area contributed by atoms with Gasteiger partial charge in [-0.3, -0.25) is 9.59 Å². The summed E-state index contributed by atoms with van der Waals surface area (Å²) < 4.78 is 14.0. The van der Waals surface area contributed by atoms with Gasteiger partial charge in [-0.1, -0.05) is 0 Å². The van der Waals surface area contributed by atoms with E-state index in [4.69, 9.17) is 5.73 Å². The molecule has 0 atom stereocenters. The lowest BCUT2D eigenvalue weighted by molar-refractivity contribution is -0.116. The predicted molar refractivity (Wildman–Crippen MR) is 74.0 cm³/mol. The summed E-state index contributed by atoms with van der Waals surface area (Å²) in [6.07, 6.45) is 0.843. The number of carbonyl (C=O) groups is 2. The number of nitrogens with two attached hydrogens (primary N) is 1. The van der Waals surface area contributed by atoms with Crippen LogP contribution in [0.5, 0.6) is 0 Å². The highest BCUT2D eigenvalue weighted by Gasteiger charge is 2.24. The van der Waals surface area contributed by atoms with Crippen LogP contribution in [0.4, 0.5) is 10.1 Å². The second-order valence-corrected chi connectivity index (χ2v) is 5.58. The molecule has 1 aromatic carbocycles. The molecule has 5 nitrogen and oxygen atoms in total. The zero-order valence-electron chi connectivity index (χ0n) is 11.5. The molecule has 1 aliphatic heterocycles. The third-order valence-electron chi connectivity index (χ3n) is 3.30. The van der Waals surface area contributed by atoms with Crippen LogP contribution in [0, 0.1) is 5.82 Å². The molecule has 0 spiro atoms. The van der Waals surface area contributed by atoms with Crippen molar-refractivity contribution >= 4 is 17.5 Å². The molecule has 0 saturated carbocycles. The monoisotopic (exact) mass is 279 g/mol. The van der Waals surface area contributed by atoms with Crippen molar-refractivity contribution in [3.05, 3.63) is 29.1 Å². The molecular formula is C14H18FN3O2. The fourth-order valence-corrected chi connectivity index (χ4v) is 2.00. The molecule has 6 heteroatoms. The smallest absolute Gasteiger partial charge is 0.254 e. The first-order valence-electron chi connectivity index (χ1n) is 6.47. The first-order chi connectivity index (χ1) is 9.32. The number of benzene rings is 1. The number of fused-ring (bicyclic) bond motifs is 1. The van der Waals surface area contributed by atoms with E-state index < -0.39 is 17.3 Å². The maximum absolute atomic E-state index is 14.0. The Kier molecular flexibility index (Phi) is 3.76. The van der Waals surface area contributed by atoms with E-state index in [1.54, 1.807) is 13.8 Å². The van der Waals surface area contributed by atoms with Crippen molar-refractivity contribution in [2.45, 2.75) is 32.2 Å². The van der Waals surface area contributed by atoms with E-state index in [2.05, 4.69) is 10.6 Å². The maximum atomic E-state index is 14.0. The van der Waals surface area contributed by atoms with E-state index in [-0.39, 0.29) is 18.0 Å². The first kappa shape index (κ1) is 14.5. The van der Waals surface area contributed by atoms with Crippen LogP contribution in [-0.4, -0.2) is 23.9 Å². The van der Waals surface area contributed by atoms with Gasteiger partial charge in [-0.2, -0.15) is 0 Å². The molecule has 108 valence electrons. The third-order valence-corrected chi connectivity index (χ3v) is 3.30. The number of rotatable bonds is 3. The van der Waals surface area contributed by atoms with Crippen LogP contribution in [0.1, 0.15) is 36.2 Å². The van der Waals surface area contributed by atoms with E-state index >= 15 is 0 Å². The SMILES string of the molecule is CC(C)(CN)NC(=O)c1cc2c(cc1F)NC(=O)CC2. The molecule has 0 fully saturated rings. The van der Waals surface area contributed by atoms with Gasteiger partial charge in [-0.25, -0.2) is 4.39 Å². The Hall–Kier alpha value is -1.95. The summed E-state index contributed by atoms with van der Waals surface area (Å²) in [5.74, 6) is -1.30. The van der Waals surface area contributed by atoms with Crippen molar-refractivity contribution in [3.63, 3.8) is 0 Å². The Balaban J connectivity index is 2.29. The van der Waals surface area contributed by atoms with Crippen LogP contribution in [0.3, 0.4) is 0 Å². The molecule has 0 aliphatic carbocycles. The number of hydrogen-bond donors (Lipinski definition) is 3. The van der Waals surface area contributed by atoms with E-state index in [0.717, 1.165) is 5.56 Å². The number of nitrogens with one attached hydrogen (secondary N) is 2. The van der Waals surface area contributed by atoms with Gasteiger partial charge < -0.3 is 16.4 Å². The van der Waals surface area contributed by atoms with Gasteiger partial charge in [0, 0.05) is 24.2 Å². The van der Waals surface area contributed by atoms with Crippen LogP contribution < -0.4 is 16.4 Å². The van der Waals surface area contributed by atoms with Crippen LogP contribution >= 0.6 is 0 Å². The van der Waals surface area contributed by atoms with Crippen LogP contribution in [0.25, 0.3) is 0 Å². The van der Waals surface area contributed by atoms with Gasteiger partial charge >= 0.3 is 0 Å². The van der Waals surface area contributed by atoms with Gasteiger partial charge in [-0.15, -0.1) is 0 Å². The molecule has 0 radical (unpaired) electrons. The number of amides is 2. The minimum Gasteiger partial charge on any atom is -0.346 e. The minimum atomic E-state index is -0.656. The molecule has 1 aromatic rings. The molecule has 1 aliphatic rings. The molecule has 0 aromatic heterocycles. The average molecular weight is 279 g/mol. The van der Waals surface area contributed by atoms with E-state index in [1.807, 2.05) is 0 Å². The highest BCUT2D eigenvalue weighted by Crippen LogP contribution is 2.26. The van der Waals surface area contributed by atoms with Crippen LogP contribution in [-0.2, 0) is 11.2 Å². The van der Waals surface area contributed by atoms with E-state index in [1.165, 1.54) is 12.1 Å². The number of halogens is 1. The number of carbonyl (C=O) groups excluding carboxylic acids is 2. The molecule has 0 bridgehead atoms. The highest BCUT2D eigenvalue weighted by atomic mass is 19.1. The van der Waals surface area contributed by atoms with Crippen molar-refractivity contribution < 1.29 is 14.0 Å². The quantitative estimate of drug-likeness (QED) is 0.776. The summed E-state index contributed by atoms with van der Waals surface area (Å²) in [6.45, 7) is 3.78. The Labute approximate surface area is 116 Å². The lowest BCUT2D eigenvalue weighted by atomic mass is 9.98. The summed E-state index contributed by atoms with van der Waals surface area (Å²) in [5, 5.41) is 5.28. The van der Waals surface area contributed by atoms with Crippen LogP contribution in [0.15, 0.2) is 12.1 Å². The van der Waals surface area contributed by atoms with Gasteiger partial charge in [0.25, 0.3) is 5.91 Å². The summed E-state index contributed by atoms with van der Waals surface area (Å²) in [4.78, 5) is 23.4. The Morgan fingerprint density at radius 2 is 2.15 bits per heavy atom. The minimum absolute atomic E-state index is 0.0265. The maximum Gasteiger partial charge on any atom is 0.254 e. The largest absolute Gasteiger partial charge is 0.346 e. The van der Waals surface area contributed by atoms with Crippen molar-refractivity contribution in [1.29, 1.82) is 0 Å². The van der Waals surface area contributed by atoms with E-state index in [9.17, 15) is 14.0 Å². The topological polar surface area (TPSA) is 84.2 Å². The second kappa shape index (κ2) is 5.20. The molecule has 2 rings (SSSR count). The molecule has 20 heavy (non-hydrogen) atoms. The Morgan fingerprint density at radius 1 is 1.45 bits per heavy atom. The van der Waals surface area contributed by atoms with Crippen molar-refractivity contribution in [1.82, 2.24) is 5.32 Å². The fourth-order valence-electron chi connectivity index (χ4n) is 2.00. The molecular weight excluding hydrogens is 261 g/mol. The average Bonchev–Trinajstić information content (AvgIpc) is 2.37. The standard InChI is InChI=1S/C14H18FN3O2/c1-14(2,7-16)18-13(20)9-5-8-3-4-12(19)17-11(8)6-10(9)15/h5-6H,3-4,7,16H2,1-2H3,(H,17,19)(H,18,20). The van der Waals surface area contributed by atoms with Gasteiger partial charge in [0.05, 0.1) is 5.56 Å². The normalized spacial score (nSPS) is 14.5. The zero-order valence-corrected chi connectivity index (χ0v) is 11.5. The summed E-state index contributed by atoms with van der Waals surface area (Å²) in [6, 6.07) is 2.68. The predicted octanol–water partition coefficient (Wildman–Crippen LogP) is 1.18. The molecule has 0 unspecified atom stereocenters. The van der Waals surface area contributed by atoms with Crippen LogP contribution in [0.2, 0.25) is 0 Å². The molecule has 0 saturated heterocycles. The van der Waals surface area contributed by atoms with Gasteiger partial charge in [0.2, 0.25) is 5.91 Å². The summed E-state index contributed by atoms with van der Waals surface area (Å²) >= 11 is 0. The Bertz CT molecular complexity index is 570. The number of anilines is 1. The molecule has 4 N–H and O–H groups in total. The summed E-state index contributed by atoms with van der Waals surface area (Å²) in [5.41, 5.74) is 6.11. The highest BCUT2D eigenvalue weighted by molar-refractivity contribution is 5.98.